The Morgan fingerprint density at radius 2 is 2.19 bits per heavy atom. The van der Waals surface area contributed by atoms with Gasteiger partial charge in [-0.05, 0) is 13.0 Å². The van der Waals surface area contributed by atoms with Gasteiger partial charge in [-0.1, -0.05) is 18.2 Å². The van der Waals surface area contributed by atoms with E-state index in [4.69, 9.17) is 16.4 Å². The molecule has 6 nitrogen and oxygen atoms in total. The number of pyridine rings is 1. The highest BCUT2D eigenvalue weighted by Crippen LogP contribution is 2.24. The molecule has 0 radical (unpaired) electrons. The Bertz CT molecular complexity index is 815. The minimum atomic E-state index is -0.552. The highest BCUT2D eigenvalue weighted by molar-refractivity contribution is 6.17. The van der Waals surface area contributed by atoms with Crippen molar-refractivity contribution in [1.82, 2.24) is 20.0 Å². The average molecular weight is 305 g/mol. The molecule has 21 heavy (non-hydrogen) atoms. The number of aromatic nitrogens is 3. The van der Waals surface area contributed by atoms with E-state index in [0.717, 1.165) is 10.9 Å². The van der Waals surface area contributed by atoms with E-state index in [1.54, 1.807) is 6.20 Å². The van der Waals surface area contributed by atoms with Crippen molar-refractivity contribution < 1.29 is 9.63 Å². The molecule has 0 saturated heterocycles. The molecule has 2 heterocycles. The van der Waals surface area contributed by atoms with Gasteiger partial charge in [0.05, 0.1) is 17.6 Å². The Hall–Kier alpha value is -2.34. The lowest BCUT2D eigenvalue weighted by Crippen LogP contribution is -2.32. The lowest BCUT2D eigenvalue weighted by atomic mass is 10.2. The van der Waals surface area contributed by atoms with E-state index >= 15 is 0 Å². The molecular weight excluding hydrogens is 292 g/mol. The quantitative estimate of drug-likeness (QED) is 0.755. The van der Waals surface area contributed by atoms with Gasteiger partial charge in [0, 0.05) is 11.9 Å². The number of imidazole rings is 1. The van der Waals surface area contributed by atoms with E-state index in [1.807, 2.05) is 31.2 Å². The Kier molecular flexibility index (Phi) is 3.62. The van der Waals surface area contributed by atoms with Crippen LogP contribution in [0.1, 0.15) is 12.7 Å². The molecule has 0 fully saturated rings. The first-order valence-corrected chi connectivity index (χ1v) is 7.05. The number of alkyl halides is 1. The fourth-order valence-corrected chi connectivity index (χ4v) is 2.34. The average Bonchev–Trinajstić information content (AvgIpc) is 2.85. The Balaban J connectivity index is 2.24. The van der Waals surface area contributed by atoms with Crippen LogP contribution in [0.5, 0.6) is 0 Å². The number of fused-ring (bicyclic) bond motifs is 3. The molecule has 108 valence electrons. The van der Waals surface area contributed by atoms with Gasteiger partial charge in [-0.2, -0.15) is 4.73 Å². The summed E-state index contributed by atoms with van der Waals surface area (Å²) in [7, 11) is 0. The van der Waals surface area contributed by atoms with Gasteiger partial charge in [0.15, 0.2) is 5.82 Å². The van der Waals surface area contributed by atoms with Crippen LogP contribution in [0.4, 0.5) is 4.79 Å². The third kappa shape index (κ3) is 2.38. The van der Waals surface area contributed by atoms with Gasteiger partial charge in [0.25, 0.3) is 0 Å². The van der Waals surface area contributed by atoms with E-state index in [2.05, 4.69) is 15.3 Å². The van der Waals surface area contributed by atoms with Crippen LogP contribution in [0.15, 0.2) is 30.5 Å². The number of carbonyl (C=O) groups is 1. The molecule has 0 saturated carbocycles. The van der Waals surface area contributed by atoms with Crippen molar-refractivity contribution in [1.29, 1.82) is 0 Å². The summed E-state index contributed by atoms with van der Waals surface area (Å²) in [5, 5.41) is 3.43. The van der Waals surface area contributed by atoms with Crippen LogP contribution in [0.2, 0.25) is 0 Å². The van der Waals surface area contributed by atoms with Crippen molar-refractivity contribution in [2.45, 2.75) is 12.8 Å². The fraction of sp³-hybridized carbons (Fsp3) is 0.214. The van der Waals surface area contributed by atoms with Crippen LogP contribution in [-0.4, -0.2) is 27.3 Å². The Morgan fingerprint density at radius 1 is 1.38 bits per heavy atom. The molecule has 3 aromatic rings. The molecule has 1 N–H and O–H groups in total. The number of rotatable bonds is 3. The summed E-state index contributed by atoms with van der Waals surface area (Å²) >= 11 is 5.90. The number of halogens is 1. The zero-order valence-corrected chi connectivity index (χ0v) is 12.1. The van der Waals surface area contributed by atoms with Crippen LogP contribution < -0.4 is 10.2 Å². The van der Waals surface area contributed by atoms with E-state index in [-0.39, 0.29) is 5.88 Å². The summed E-state index contributed by atoms with van der Waals surface area (Å²) in [6.45, 7) is 2.29. The SMILES string of the molecule is CCNC(=O)On1c(CCl)nc2cnc3ccccc3c21. The molecular formula is C14H13ClN4O2. The first-order chi connectivity index (χ1) is 10.2. The number of hydrogen-bond acceptors (Lipinski definition) is 4. The summed E-state index contributed by atoms with van der Waals surface area (Å²) in [5.74, 6) is 0.582. The van der Waals surface area contributed by atoms with Crippen molar-refractivity contribution >= 4 is 39.6 Å². The summed E-state index contributed by atoms with van der Waals surface area (Å²) < 4.78 is 1.37. The van der Waals surface area contributed by atoms with Crippen LogP contribution in [0, 0.1) is 0 Å². The lowest BCUT2D eigenvalue weighted by molar-refractivity contribution is 0.135. The monoisotopic (exact) mass is 304 g/mol. The Labute approximate surface area is 125 Å². The summed E-state index contributed by atoms with van der Waals surface area (Å²) in [5.41, 5.74) is 2.11. The summed E-state index contributed by atoms with van der Waals surface area (Å²) in [4.78, 5) is 25.7. The molecule has 7 heteroatoms. The predicted molar refractivity (Wildman–Crippen MR) is 80.2 cm³/mol. The van der Waals surface area contributed by atoms with Gasteiger partial charge < -0.3 is 10.2 Å². The first-order valence-electron chi connectivity index (χ1n) is 6.51. The minimum absolute atomic E-state index is 0.127. The predicted octanol–water partition coefficient (Wildman–Crippen LogP) is 2.48. The number of nitrogens with zero attached hydrogens (tertiary/aromatic N) is 3. The third-order valence-electron chi connectivity index (χ3n) is 3.03. The molecule has 0 aliphatic heterocycles. The maximum atomic E-state index is 11.7. The summed E-state index contributed by atoms with van der Waals surface area (Å²) in [6.07, 6.45) is 1.09. The number of carbonyl (C=O) groups excluding carboxylic acids is 1. The second-order valence-electron chi connectivity index (χ2n) is 4.37. The van der Waals surface area contributed by atoms with Crippen LogP contribution in [0.25, 0.3) is 21.9 Å². The van der Waals surface area contributed by atoms with Gasteiger partial charge in [-0.3, -0.25) is 4.98 Å². The van der Waals surface area contributed by atoms with E-state index < -0.39 is 6.09 Å². The second kappa shape index (κ2) is 5.57. The number of benzene rings is 1. The molecule has 0 atom stereocenters. The van der Waals surface area contributed by atoms with Gasteiger partial charge in [0.1, 0.15) is 11.0 Å². The molecule has 0 aliphatic carbocycles. The highest BCUT2D eigenvalue weighted by Gasteiger charge is 2.17. The zero-order chi connectivity index (χ0) is 14.8. The largest absolute Gasteiger partial charge is 0.432 e. The van der Waals surface area contributed by atoms with Crippen molar-refractivity contribution in [3.05, 3.63) is 36.3 Å². The van der Waals surface area contributed by atoms with E-state index in [1.165, 1.54) is 4.73 Å². The van der Waals surface area contributed by atoms with Gasteiger partial charge in [0.2, 0.25) is 0 Å². The van der Waals surface area contributed by atoms with Crippen molar-refractivity contribution in [2.24, 2.45) is 0 Å². The van der Waals surface area contributed by atoms with E-state index in [9.17, 15) is 4.79 Å². The van der Waals surface area contributed by atoms with Crippen LogP contribution >= 0.6 is 11.6 Å². The van der Waals surface area contributed by atoms with Crippen LogP contribution in [-0.2, 0) is 5.88 Å². The number of nitrogens with one attached hydrogen (secondary N) is 1. The van der Waals surface area contributed by atoms with Gasteiger partial charge in [-0.25, -0.2) is 9.78 Å². The number of amides is 1. The lowest BCUT2D eigenvalue weighted by Gasteiger charge is -2.09. The molecule has 0 spiro atoms. The third-order valence-corrected chi connectivity index (χ3v) is 3.27. The zero-order valence-electron chi connectivity index (χ0n) is 11.3. The topological polar surface area (TPSA) is 69.0 Å². The molecule has 0 bridgehead atoms. The standard InChI is InChI=1S/C14H13ClN4O2/c1-2-16-14(20)21-19-12(7-15)18-11-8-17-10-6-4-3-5-9(10)13(11)19/h3-6,8H,2,7H2,1H3,(H,16,20). The minimum Gasteiger partial charge on any atom is -0.320 e. The molecule has 1 aromatic carbocycles. The molecule has 2 aromatic heterocycles. The molecule has 0 aliphatic rings. The smallest absolute Gasteiger partial charge is 0.320 e. The van der Waals surface area contributed by atoms with Crippen molar-refractivity contribution in [3.8, 4) is 0 Å². The maximum absolute atomic E-state index is 11.7. The summed E-state index contributed by atoms with van der Waals surface area (Å²) in [6, 6.07) is 7.59. The van der Waals surface area contributed by atoms with E-state index in [0.29, 0.717) is 23.4 Å². The van der Waals surface area contributed by atoms with Crippen molar-refractivity contribution in [3.63, 3.8) is 0 Å². The van der Waals surface area contributed by atoms with Crippen molar-refractivity contribution in [2.75, 3.05) is 6.54 Å². The Morgan fingerprint density at radius 3 is 2.95 bits per heavy atom. The van der Waals surface area contributed by atoms with Crippen LogP contribution in [0.3, 0.4) is 0 Å². The van der Waals surface area contributed by atoms with Gasteiger partial charge in [-0.15, -0.1) is 11.6 Å². The highest BCUT2D eigenvalue weighted by atomic mass is 35.5. The number of para-hydroxylation sites is 1. The molecule has 0 unspecified atom stereocenters. The first kappa shape index (κ1) is 13.6. The van der Waals surface area contributed by atoms with Gasteiger partial charge >= 0.3 is 6.09 Å². The molecule has 3 rings (SSSR count). The molecule has 1 amide bonds. The normalized spacial score (nSPS) is 11.0. The maximum Gasteiger partial charge on any atom is 0.432 e. The number of hydrogen-bond donors (Lipinski definition) is 1. The second-order valence-corrected chi connectivity index (χ2v) is 4.64. The fourth-order valence-electron chi connectivity index (χ4n) is 2.17.